The Labute approximate surface area is 211 Å². The van der Waals surface area contributed by atoms with Crippen LogP contribution in [0.5, 0.6) is 0 Å². The highest BCUT2D eigenvalue weighted by atomic mass is 32.2. The van der Waals surface area contributed by atoms with Crippen molar-refractivity contribution in [3.63, 3.8) is 0 Å². The Bertz CT molecular complexity index is 616. The molecule has 0 unspecified atom stereocenters. The Morgan fingerprint density at radius 2 is 1.62 bits per heavy atom. The van der Waals surface area contributed by atoms with Gasteiger partial charge in [-0.15, -0.1) is 0 Å². The normalized spacial score (nSPS) is 13.6. The van der Waals surface area contributed by atoms with Crippen LogP contribution in [-0.4, -0.2) is 109 Å². The molecule has 0 aliphatic carbocycles. The monoisotopic (exact) mass is 504 g/mol. The quantitative estimate of drug-likeness (QED) is 0.212. The van der Waals surface area contributed by atoms with E-state index in [1.165, 1.54) is 9.80 Å². The number of nitrogens with zero attached hydrogens (tertiary/aromatic N) is 3. The third-order valence-corrected chi connectivity index (χ3v) is 6.92. The van der Waals surface area contributed by atoms with Crippen molar-refractivity contribution in [3.8, 4) is 0 Å². The van der Waals surface area contributed by atoms with Crippen molar-refractivity contribution in [2.45, 2.75) is 78.5 Å². The van der Waals surface area contributed by atoms with Crippen LogP contribution in [0.4, 0.5) is 0 Å². The van der Waals surface area contributed by atoms with Crippen molar-refractivity contribution in [2.24, 2.45) is 5.73 Å². The third-order valence-electron chi connectivity index (χ3n) is 5.90. The molecule has 0 radical (unpaired) electrons. The molecule has 0 aromatic carbocycles. The fourth-order valence-corrected chi connectivity index (χ4v) is 4.61. The molecule has 0 rings (SSSR count). The van der Waals surface area contributed by atoms with E-state index in [0.29, 0.717) is 25.2 Å². The summed E-state index contributed by atoms with van der Waals surface area (Å²) < 4.78 is 11.0. The van der Waals surface area contributed by atoms with Crippen LogP contribution in [-0.2, 0) is 23.9 Å². The summed E-state index contributed by atoms with van der Waals surface area (Å²) in [6.07, 6.45) is 1.28. The fourth-order valence-electron chi connectivity index (χ4n) is 3.47. The molecule has 0 saturated heterocycles. The minimum atomic E-state index is -0.873. The van der Waals surface area contributed by atoms with Gasteiger partial charge in [0.15, 0.2) is 0 Å². The predicted octanol–water partition coefficient (Wildman–Crippen LogP) is 2.18. The van der Waals surface area contributed by atoms with E-state index in [9.17, 15) is 14.4 Å². The number of nitrogens with two attached hydrogens (primary N) is 1. The fraction of sp³-hybridized carbons (Fsp3) is 0.875. The zero-order valence-corrected chi connectivity index (χ0v) is 23.4. The van der Waals surface area contributed by atoms with Crippen molar-refractivity contribution < 1.29 is 23.9 Å². The smallest absolute Gasteiger partial charge is 0.246 e. The molecular formula is C24H48N4O5S. The second kappa shape index (κ2) is 17.1. The summed E-state index contributed by atoms with van der Waals surface area (Å²) in [6.45, 7) is 15.2. The third kappa shape index (κ3) is 11.9. The Morgan fingerprint density at radius 1 is 1.00 bits per heavy atom. The molecule has 34 heavy (non-hydrogen) atoms. The number of primary amides is 1. The molecule has 3 amide bonds. The highest BCUT2D eigenvalue weighted by Gasteiger charge is 2.37. The number of carbonyl (C=O) groups is 3. The summed E-state index contributed by atoms with van der Waals surface area (Å²) in [6, 6.07) is -1.55. The number of amides is 3. The molecule has 200 valence electrons. The number of rotatable bonds is 19. The lowest BCUT2D eigenvalue weighted by atomic mass is 9.97. The summed E-state index contributed by atoms with van der Waals surface area (Å²) in [5.74, 6) is 0.301. The Kier molecular flexibility index (Phi) is 16.4. The molecule has 0 saturated carbocycles. The first-order valence-electron chi connectivity index (χ1n) is 12.3. The van der Waals surface area contributed by atoms with Gasteiger partial charge in [0.25, 0.3) is 0 Å². The Hall–Kier alpha value is -1.36. The molecular weight excluding hydrogens is 456 g/mol. The molecule has 0 aromatic rings. The van der Waals surface area contributed by atoms with E-state index < -0.39 is 23.6 Å². The summed E-state index contributed by atoms with van der Waals surface area (Å²) in [5, 5.41) is 0. The van der Waals surface area contributed by atoms with E-state index in [0.717, 1.165) is 25.4 Å². The minimum absolute atomic E-state index is 0.0883. The maximum absolute atomic E-state index is 13.6. The molecule has 9 nitrogen and oxygen atoms in total. The lowest BCUT2D eigenvalue weighted by Crippen LogP contribution is -2.56. The average Bonchev–Trinajstić information content (AvgIpc) is 2.79. The van der Waals surface area contributed by atoms with Crippen LogP contribution in [0.1, 0.15) is 60.8 Å². The molecule has 0 aliphatic heterocycles. The first-order valence-corrected chi connectivity index (χ1v) is 13.4. The average molecular weight is 505 g/mol. The molecule has 2 N–H and O–H groups in total. The van der Waals surface area contributed by atoms with E-state index in [4.69, 9.17) is 15.2 Å². The zero-order valence-electron chi connectivity index (χ0n) is 22.6. The van der Waals surface area contributed by atoms with E-state index in [2.05, 4.69) is 18.7 Å². The number of likely N-dealkylation sites (N-methyl/N-ethyl adjacent to an activating group) is 2. The van der Waals surface area contributed by atoms with Crippen molar-refractivity contribution in [1.29, 1.82) is 0 Å². The molecule has 0 bridgehead atoms. The van der Waals surface area contributed by atoms with E-state index in [1.54, 1.807) is 25.9 Å². The van der Waals surface area contributed by atoms with Gasteiger partial charge in [0.1, 0.15) is 18.9 Å². The molecule has 0 aromatic heterocycles. The van der Waals surface area contributed by atoms with Crippen molar-refractivity contribution in [1.82, 2.24) is 14.7 Å². The topological polar surface area (TPSA) is 105 Å². The van der Waals surface area contributed by atoms with Crippen LogP contribution in [0.25, 0.3) is 0 Å². The van der Waals surface area contributed by atoms with Crippen LogP contribution in [0.15, 0.2) is 0 Å². The molecule has 0 fully saturated rings. The highest BCUT2D eigenvalue weighted by Crippen LogP contribution is 2.22. The SMILES string of the molecule is CCCC(=O)N(C)[C@H](CSCCN(CC)CC)C(=O)N(C)[C@@H](CC(C)(C)OCOCC)C(N)=O. The van der Waals surface area contributed by atoms with Crippen LogP contribution in [0.3, 0.4) is 0 Å². The van der Waals surface area contributed by atoms with Gasteiger partial charge in [0.05, 0.1) is 5.60 Å². The van der Waals surface area contributed by atoms with Crippen LogP contribution >= 0.6 is 11.8 Å². The largest absolute Gasteiger partial charge is 0.368 e. The minimum Gasteiger partial charge on any atom is -0.368 e. The van der Waals surface area contributed by atoms with E-state index in [-0.39, 0.29) is 25.0 Å². The standard InChI is InChI=1S/C24H48N4O5S/c1-9-13-21(29)26(7)20(17-34-15-14-28(10-2)11-3)23(31)27(8)19(22(25)30)16-24(5,6)33-18-32-12-4/h19-20H,9-18H2,1-8H3,(H2,25,30)/t19-,20+/m0/s1. The van der Waals surface area contributed by atoms with Gasteiger partial charge < -0.3 is 29.9 Å². The molecule has 0 spiro atoms. The van der Waals surface area contributed by atoms with Gasteiger partial charge in [-0.2, -0.15) is 11.8 Å². The van der Waals surface area contributed by atoms with Gasteiger partial charge >= 0.3 is 0 Å². The van der Waals surface area contributed by atoms with Crippen molar-refractivity contribution in [3.05, 3.63) is 0 Å². The van der Waals surface area contributed by atoms with Crippen LogP contribution in [0, 0.1) is 0 Å². The van der Waals surface area contributed by atoms with E-state index in [1.807, 2.05) is 27.7 Å². The molecule has 0 aliphatic rings. The maximum Gasteiger partial charge on any atom is 0.246 e. The number of hydrogen-bond donors (Lipinski definition) is 1. The van der Waals surface area contributed by atoms with Gasteiger partial charge in [0.2, 0.25) is 17.7 Å². The number of ether oxygens (including phenoxy) is 2. The second-order valence-electron chi connectivity index (χ2n) is 8.96. The maximum atomic E-state index is 13.6. The Balaban J connectivity index is 5.51. The summed E-state index contributed by atoms with van der Waals surface area (Å²) in [5.41, 5.74) is 4.96. The lowest BCUT2D eigenvalue weighted by molar-refractivity contribution is -0.153. The molecule has 0 heterocycles. The van der Waals surface area contributed by atoms with Crippen molar-refractivity contribution in [2.75, 3.05) is 58.6 Å². The van der Waals surface area contributed by atoms with Gasteiger partial charge in [-0.1, -0.05) is 20.8 Å². The van der Waals surface area contributed by atoms with Gasteiger partial charge in [-0.05, 0) is 40.3 Å². The first kappa shape index (κ1) is 32.6. The van der Waals surface area contributed by atoms with Gasteiger partial charge in [0, 0.05) is 51.6 Å². The number of hydrogen-bond acceptors (Lipinski definition) is 7. The van der Waals surface area contributed by atoms with Gasteiger partial charge in [-0.25, -0.2) is 0 Å². The zero-order chi connectivity index (χ0) is 26.3. The van der Waals surface area contributed by atoms with E-state index >= 15 is 0 Å². The summed E-state index contributed by atoms with van der Waals surface area (Å²) in [7, 11) is 3.23. The van der Waals surface area contributed by atoms with Gasteiger partial charge in [-0.3, -0.25) is 14.4 Å². The summed E-state index contributed by atoms with van der Waals surface area (Å²) >= 11 is 1.64. The van der Waals surface area contributed by atoms with Crippen molar-refractivity contribution >= 4 is 29.5 Å². The molecule has 10 heteroatoms. The van der Waals surface area contributed by atoms with Crippen LogP contribution < -0.4 is 5.73 Å². The first-order chi connectivity index (χ1) is 15.9. The van der Waals surface area contributed by atoms with Crippen LogP contribution in [0.2, 0.25) is 0 Å². The molecule has 2 atom stereocenters. The number of thioether (sulfide) groups is 1. The Morgan fingerprint density at radius 3 is 2.12 bits per heavy atom. The lowest BCUT2D eigenvalue weighted by Gasteiger charge is -2.36. The second-order valence-corrected chi connectivity index (χ2v) is 10.1. The predicted molar refractivity (Wildman–Crippen MR) is 139 cm³/mol. The highest BCUT2D eigenvalue weighted by molar-refractivity contribution is 7.99. The summed E-state index contributed by atoms with van der Waals surface area (Å²) in [4.78, 5) is 43.7. The number of carbonyl (C=O) groups excluding carboxylic acids is 3.